The van der Waals surface area contributed by atoms with Crippen LogP contribution in [0.2, 0.25) is 0 Å². The lowest BCUT2D eigenvalue weighted by Gasteiger charge is -2.03. The smallest absolute Gasteiger partial charge is 0.337 e. The van der Waals surface area contributed by atoms with Crippen LogP contribution in [0, 0.1) is 6.92 Å². The summed E-state index contributed by atoms with van der Waals surface area (Å²) in [5.41, 5.74) is 2.94. The Hall–Kier alpha value is -3.34. The Labute approximate surface area is 144 Å². The van der Waals surface area contributed by atoms with Crippen LogP contribution < -0.4 is 5.32 Å². The minimum Gasteiger partial charge on any atom is -0.465 e. The summed E-state index contributed by atoms with van der Waals surface area (Å²) in [5.74, 6) is -0.0999. The van der Waals surface area contributed by atoms with Gasteiger partial charge in [0.1, 0.15) is 11.3 Å². The van der Waals surface area contributed by atoms with E-state index >= 15 is 0 Å². The summed E-state index contributed by atoms with van der Waals surface area (Å²) in [6.07, 6.45) is 3.02. The number of furan rings is 1. The lowest BCUT2D eigenvalue weighted by atomic mass is 10.2. The molecule has 5 heteroatoms. The minimum atomic E-state index is -0.419. The van der Waals surface area contributed by atoms with Gasteiger partial charge in [-0.2, -0.15) is 0 Å². The van der Waals surface area contributed by atoms with Crippen LogP contribution in [0.15, 0.2) is 59.0 Å². The van der Waals surface area contributed by atoms with Crippen LogP contribution in [0.4, 0.5) is 5.69 Å². The third-order valence-electron chi connectivity index (χ3n) is 3.66. The zero-order valence-electron chi connectivity index (χ0n) is 13.9. The number of rotatable bonds is 4. The van der Waals surface area contributed by atoms with Crippen molar-refractivity contribution in [3.05, 3.63) is 71.5 Å². The predicted octanol–water partition coefficient (Wildman–Crippen LogP) is 4.18. The summed E-state index contributed by atoms with van der Waals surface area (Å²) in [6.45, 7) is 2.01. The number of hydrogen-bond donors (Lipinski definition) is 1. The Morgan fingerprint density at radius 2 is 1.84 bits per heavy atom. The zero-order chi connectivity index (χ0) is 17.8. The molecule has 1 heterocycles. The Balaban J connectivity index is 1.66. The molecule has 1 aromatic heterocycles. The van der Waals surface area contributed by atoms with Crippen LogP contribution in [0.25, 0.3) is 17.0 Å². The first kappa shape index (κ1) is 16.5. The van der Waals surface area contributed by atoms with Gasteiger partial charge >= 0.3 is 5.97 Å². The molecule has 25 heavy (non-hydrogen) atoms. The van der Waals surface area contributed by atoms with Crippen molar-refractivity contribution in [3.63, 3.8) is 0 Å². The van der Waals surface area contributed by atoms with Crippen LogP contribution in [-0.2, 0) is 9.53 Å². The topological polar surface area (TPSA) is 68.5 Å². The molecular formula is C20H17NO4. The van der Waals surface area contributed by atoms with Crippen LogP contribution in [0.3, 0.4) is 0 Å². The number of methoxy groups -OCH3 is 1. The molecule has 3 rings (SSSR count). The highest BCUT2D eigenvalue weighted by Crippen LogP contribution is 2.21. The standard InChI is InChI=1S/C20H17NO4/c1-13-3-9-18-15(11-13)12-17(25-18)8-10-19(22)21-16-6-4-14(5-7-16)20(23)24-2/h3-12H,1-2H3,(H,21,22). The van der Waals surface area contributed by atoms with Crippen molar-refractivity contribution in [2.75, 3.05) is 12.4 Å². The number of esters is 1. The van der Waals surface area contributed by atoms with Gasteiger partial charge in [0.15, 0.2) is 0 Å². The van der Waals surface area contributed by atoms with Gasteiger partial charge in [0.25, 0.3) is 0 Å². The van der Waals surface area contributed by atoms with Crippen LogP contribution in [-0.4, -0.2) is 19.0 Å². The van der Waals surface area contributed by atoms with E-state index in [-0.39, 0.29) is 5.91 Å². The molecule has 5 nitrogen and oxygen atoms in total. The van der Waals surface area contributed by atoms with Crippen molar-refractivity contribution < 1.29 is 18.7 Å². The van der Waals surface area contributed by atoms with E-state index in [9.17, 15) is 9.59 Å². The molecule has 0 aliphatic carbocycles. The number of hydrogen-bond acceptors (Lipinski definition) is 4. The molecule has 3 aromatic rings. The van der Waals surface area contributed by atoms with E-state index in [4.69, 9.17) is 4.42 Å². The molecule has 126 valence electrons. The average molecular weight is 335 g/mol. The highest BCUT2D eigenvalue weighted by atomic mass is 16.5. The second-order valence-corrected chi connectivity index (χ2v) is 5.58. The fourth-order valence-corrected chi connectivity index (χ4v) is 2.41. The molecule has 0 fully saturated rings. The second-order valence-electron chi connectivity index (χ2n) is 5.58. The fraction of sp³-hybridized carbons (Fsp3) is 0.100. The first-order chi connectivity index (χ1) is 12.0. The third kappa shape index (κ3) is 3.95. The summed E-state index contributed by atoms with van der Waals surface area (Å²) < 4.78 is 10.3. The molecule has 0 aliphatic heterocycles. The van der Waals surface area contributed by atoms with Gasteiger partial charge in [-0.1, -0.05) is 11.6 Å². The Morgan fingerprint density at radius 3 is 2.56 bits per heavy atom. The molecule has 0 saturated carbocycles. The van der Waals surface area contributed by atoms with Crippen molar-refractivity contribution in [2.24, 2.45) is 0 Å². The zero-order valence-corrected chi connectivity index (χ0v) is 13.9. The van der Waals surface area contributed by atoms with Crippen molar-refractivity contribution >= 4 is 34.6 Å². The number of nitrogens with one attached hydrogen (secondary N) is 1. The predicted molar refractivity (Wildman–Crippen MR) is 96.4 cm³/mol. The van der Waals surface area contributed by atoms with E-state index in [2.05, 4.69) is 10.1 Å². The molecule has 0 aliphatic rings. The van der Waals surface area contributed by atoms with Gasteiger partial charge in [-0.3, -0.25) is 4.79 Å². The molecule has 0 radical (unpaired) electrons. The number of anilines is 1. The Kier molecular flexibility index (Phi) is 4.66. The first-order valence-electron chi connectivity index (χ1n) is 7.73. The molecule has 1 N–H and O–H groups in total. The van der Waals surface area contributed by atoms with E-state index in [0.717, 1.165) is 16.5 Å². The number of aryl methyl sites for hydroxylation is 1. The van der Waals surface area contributed by atoms with E-state index in [0.29, 0.717) is 17.0 Å². The minimum absolute atomic E-state index is 0.289. The number of benzene rings is 2. The molecule has 0 spiro atoms. The van der Waals surface area contributed by atoms with Crippen molar-refractivity contribution in [2.45, 2.75) is 6.92 Å². The largest absolute Gasteiger partial charge is 0.465 e. The quantitative estimate of drug-likeness (QED) is 0.574. The molecule has 1 amide bonds. The highest BCUT2D eigenvalue weighted by Gasteiger charge is 2.06. The summed E-state index contributed by atoms with van der Waals surface area (Å²) in [7, 11) is 1.32. The number of fused-ring (bicyclic) bond motifs is 1. The third-order valence-corrected chi connectivity index (χ3v) is 3.66. The first-order valence-corrected chi connectivity index (χ1v) is 7.73. The number of carbonyl (C=O) groups is 2. The molecule has 0 bridgehead atoms. The van der Waals surface area contributed by atoms with Crippen molar-refractivity contribution in [1.29, 1.82) is 0 Å². The summed E-state index contributed by atoms with van der Waals surface area (Å²) in [5, 5.41) is 3.72. The lowest BCUT2D eigenvalue weighted by molar-refractivity contribution is -0.111. The number of carbonyl (C=O) groups excluding carboxylic acids is 2. The SMILES string of the molecule is COC(=O)c1ccc(NC(=O)C=Cc2cc3cc(C)ccc3o2)cc1. The van der Waals surface area contributed by atoms with Crippen LogP contribution in [0.1, 0.15) is 21.7 Å². The fourth-order valence-electron chi connectivity index (χ4n) is 2.41. The lowest BCUT2D eigenvalue weighted by Crippen LogP contribution is -2.08. The van der Waals surface area contributed by atoms with Gasteiger partial charge < -0.3 is 14.5 Å². The summed E-state index contributed by atoms with van der Waals surface area (Å²) >= 11 is 0. The average Bonchev–Trinajstić information content (AvgIpc) is 3.02. The Morgan fingerprint density at radius 1 is 1.08 bits per heavy atom. The maximum atomic E-state index is 12.0. The summed E-state index contributed by atoms with van der Waals surface area (Å²) in [6, 6.07) is 14.3. The van der Waals surface area contributed by atoms with Crippen LogP contribution >= 0.6 is 0 Å². The monoisotopic (exact) mass is 335 g/mol. The molecule has 2 aromatic carbocycles. The van der Waals surface area contributed by atoms with Gasteiger partial charge in [0, 0.05) is 17.1 Å². The van der Waals surface area contributed by atoms with Crippen molar-refractivity contribution in [1.82, 2.24) is 0 Å². The van der Waals surface area contributed by atoms with E-state index in [1.54, 1.807) is 30.3 Å². The maximum Gasteiger partial charge on any atom is 0.337 e. The number of ether oxygens (including phenoxy) is 1. The van der Waals surface area contributed by atoms with E-state index in [1.807, 2.05) is 31.2 Å². The van der Waals surface area contributed by atoms with E-state index < -0.39 is 5.97 Å². The Bertz CT molecular complexity index is 951. The normalized spacial score (nSPS) is 11.0. The molecular weight excluding hydrogens is 318 g/mol. The van der Waals surface area contributed by atoms with Gasteiger partial charge in [0.2, 0.25) is 5.91 Å². The highest BCUT2D eigenvalue weighted by molar-refractivity contribution is 6.02. The van der Waals surface area contributed by atoms with Gasteiger partial charge in [-0.05, 0) is 55.5 Å². The van der Waals surface area contributed by atoms with Gasteiger partial charge in [-0.15, -0.1) is 0 Å². The molecule has 0 unspecified atom stereocenters. The van der Waals surface area contributed by atoms with Crippen molar-refractivity contribution in [3.8, 4) is 0 Å². The van der Waals surface area contributed by atoms with Crippen LogP contribution in [0.5, 0.6) is 0 Å². The summed E-state index contributed by atoms with van der Waals surface area (Å²) in [4.78, 5) is 23.4. The second kappa shape index (κ2) is 7.05. The number of amides is 1. The van der Waals surface area contributed by atoms with Gasteiger partial charge in [-0.25, -0.2) is 4.79 Å². The maximum absolute atomic E-state index is 12.0. The molecule has 0 atom stereocenters. The van der Waals surface area contributed by atoms with E-state index in [1.165, 1.54) is 13.2 Å². The van der Waals surface area contributed by atoms with Gasteiger partial charge in [0.05, 0.1) is 12.7 Å². The molecule has 0 saturated heterocycles.